The Morgan fingerprint density at radius 3 is 2.65 bits per heavy atom. The molecule has 0 aliphatic rings. The smallest absolute Gasteiger partial charge is 0.264 e. The van der Waals surface area contributed by atoms with Crippen LogP contribution in [0.1, 0.15) is 18.9 Å². The van der Waals surface area contributed by atoms with Crippen molar-refractivity contribution in [2.24, 2.45) is 0 Å². The summed E-state index contributed by atoms with van der Waals surface area (Å²) in [5.41, 5.74) is 1.01. The van der Waals surface area contributed by atoms with E-state index in [0.717, 1.165) is 20.8 Å². The Balaban J connectivity index is 1.89. The molecular formula is C20H21ClN4O3S3. The Labute approximate surface area is 194 Å². The number of benzene rings is 2. The minimum atomic E-state index is -4.01. The van der Waals surface area contributed by atoms with E-state index in [9.17, 15) is 13.2 Å². The highest BCUT2D eigenvalue weighted by Crippen LogP contribution is 2.30. The van der Waals surface area contributed by atoms with Crippen LogP contribution in [0.3, 0.4) is 0 Å². The van der Waals surface area contributed by atoms with Crippen LogP contribution in [0.15, 0.2) is 57.8 Å². The lowest BCUT2D eigenvalue weighted by molar-refractivity contribution is -0.114. The number of hydrogen-bond acceptors (Lipinski definition) is 7. The molecule has 7 nitrogen and oxygen atoms in total. The SMILES string of the molecule is CCCSc1nnc(NC(=O)CN(c2cc(Cl)ccc2C)S(=O)(=O)c2ccccc2)s1. The minimum absolute atomic E-state index is 0.0799. The number of anilines is 2. The molecule has 1 aromatic heterocycles. The van der Waals surface area contributed by atoms with Gasteiger partial charge >= 0.3 is 0 Å². The van der Waals surface area contributed by atoms with Crippen LogP contribution in [-0.4, -0.2) is 36.8 Å². The predicted molar refractivity (Wildman–Crippen MR) is 127 cm³/mol. The number of carbonyl (C=O) groups excluding carboxylic acids is 1. The number of aryl methyl sites for hydroxylation is 1. The number of halogens is 1. The van der Waals surface area contributed by atoms with Crippen molar-refractivity contribution in [3.8, 4) is 0 Å². The predicted octanol–water partition coefficient (Wildman–Crippen LogP) is 4.84. The Morgan fingerprint density at radius 1 is 1.19 bits per heavy atom. The maximum absolute atomic E-state index is 13.4. The number of carbonyl (C=O) groups is 1. The summed E-state index contributed by atoms with van der Waals surface area (Å²) in [7, 11) is -4.01. The maximum Gasteiger partial charge on any atom is 0.264 e. The Morgan fingerprint density at radius 2 is 1.94 bits per heavy atom. The summed E-state index contributed by atoms with van der Waals surface area (Å²) in [5.74, 6) is 0.377. The first-order valence-electron chi connectivity index (χ1n) is 9.41. The van der Waals surface area contributed by atoms with Gasteiger partial charge in [0.1, 0.15) is 6.54 Å². The third kappa shape index (κ3) is 5.97. The van der Waals surface area contributed by atoms with Crippen LogP contribution in [0.2, 0.25) is 5.02 Å². The monoisotopic (exact) mass is 496 g/mol. The molecule has 11 heteroatoms. The van der Waals surface area contributed by atoms with Gasteiger partial charge in [0.15, 0.2) is 4.34 Å². The molecule has 3 aromatic rings. The Bertz CT molecular complexity index is 1150. The zero-order valence-electron chi connectivity index (χ0n) is 16.9. The normalized spacial score (nSPS) is 11.3. The van der Waals surface area contributed by atoms with Gasteiger partial charge in [-0.25, -0.2) is 8.42 Å². The lowest BCUT2D eigenvalue weighted by Gasteiger charge is -2.25. The molecule has 0 aliphatic heterocycles. The van der Waals surface area contributed by atoms with E-state index in [0.29, 0.717) is 21.4 Å². The number of aromatic nitrogens is 2. The van der Waals surface area contributed by atoms with Gasteiger partial charge in [-0.15, -0.1) is 10.2 Å². The van der Waals surface area contributed by atoms with E-state index >= 15 is 0 Å². The van der Waals surface area contributed by atoms with Crippen LogP contribution in [0, 0.1) is 6.92 Å². The van der Waals surface area contributed by atoms with E-state index in [1.165, 1.54) is 29.5 Å². The van der Waals surface area contributed by atoms with Gasteiger partial charge in [0.2, 0.25) is 11.0 Å². The average molecular weight is 497 g/mol. The van der Waals surface area contributed by atoms with E-state index in [4.69, 9.17) is 11.6 Å². The molecule has 31 heavy (non-hydrogen) atoms. The summed E-state index contributed by atoms with van der Waals surface area (Å²) >= 11 is 8.94. The second kappa shape index (κ2) is 10.4. The zero-order valence-corrected chi connectivity index (χ0v) is 20.1. The van der Waals surface area contributed by atoms with Crippen molar-refractivity contribution in [2.75, 3.05) is 21.9 Å². The fraction of sp³-hybridized carbons (Fsp3) is 0.250. The van der Waals surface area contributed by atoms with Crippen molar-refractivity contribution < 1.29 is 13.2 Å². The molecule has 0 bridgehead atoms. The molecule has 0 fully saturated rings. The molecule has 1 N–H and O–H groups in total. The molecule has 3 rings (SSSR count). The Kier molecular flexibility index (Phi) is 7.93. The second-order valence-electron chi connectivity index (χ2n) is 6.53. The third-order valence-corrected chi connectivity index (χ3v) is 8.33. The Hall–Kier alpha value is -2.14. The average Bonchev–Trinajstić information content (AvgIpc) is 3.20. The molecule has 0 spiro atoms. The molecule has 0 unspecified atom stereocenters. The number of nitrogens with one attached hydrogen (secondary N) is 1. The number of nitrogens with zero attached hydrogens (tertiary/aromatic N) is 3. The summed E-state index contributed by atoms with van der Waals surface area (Å²) < 4.78 is 28.6. The highest BCUT2D eigenvalue weighted by atomic mass is 35.5. The first kappa shape index (κ1) is 23.5. The van der Waals surface area contributed by atoms with E-state index in [2.05, 4.69) is 22.4 Å². The van der Waals surface area contributed by atoms with Crippen molar-refractivity contribution in [2.45, 2.75) is 29.5 Å². The van der Waals surface area contributed by atoms with E-state index < -0.39 is 22.5 Å². The first-order valence-corrected chi connectivity index (χ1v) is 13.0. The number of thioether (sulfide) groups is 1. The van der Waals surface area contributed by atoms with E-state index in [1.807, 2.05) is 0 Å². The van der Waals surface area contributed by atoms with Crippen LogP contribution < -0.4 is 9.62 Å². The summed E-state index contributed by atoms with van der Waals surface area (Å²) in [4.78, 5) is 12.9. The van der Waals surface area contributed by atoms with Crippen molar-refractivity contribution in [1.82, 2.24) is 10.2 Å². The van der Waals surface area contributed by atoms with Gasteiger partial charge in [0.25, 0.3) is 10.0 Å². The minimum Gasteiger partial charge on any atom is -0.299 e. The summed E-state index contributed by atoms with van der Waals surface area (Å²) in [6.07, 6.45) is 0.997. The van der Waals surface area contributed by atoms with Crippen LogP contribution in [0.25, 0.3) is 0 Å². The van der Waals surface area contributed by atoms with Crippen LogP contribution in [0.4, 0.5) is 10.8 Å². The van der Waals surface area contributed by atoms with E-state index in [1.54, 1.807) is 49.0 Å². The largest absolute Gasteiger partial charge is 0.299 e. The van der Waals surface area contributed by atoms with Crippen LogP contribution >= 0.6 is 34.7 Å². The molecule has 1 amide bonds. The van der Waals surface area contributed by atoms with Crippen LogP contribution in [-0.2, 0) is 14.8 Å². The third-order valence-electron chi connectivity index (χ3n) is 4.14. The molecule has 164 valence electrons. The van der Waals surface area contributed by atoms with Crippen molar-refractivity contribution >= 4 is 61.4 Å². The van der Waals surface area contributed by atoms with Gasteiger partial charge < -0.3 is 0 Å². The number of rotatable bonds is 9. The highest BCUT2D eigenvalue weighted by Gasteiger charge is 2.28. The summed E-state index contributed by atoms with van der Waals surface area (Å²) in [6.45, 7) is 3.39. The molecule has 1 heterocycles. The molecule has 0 atom stereocenters. The standard InChI is InChI=1S/C20H21ClN4O3S3/c1-3-11-29-20-24-23-19(30-20)22-18(26)13-25(17-12-15(21)10-9-14(17)2)31(27,28)16-7-5-4-6-8-16/h4-10,12H,3,11,13H2,1-2H3,(H,22,23,26). The highest BCUT2D eigenvalue weighted by molar-refractivity contribution is 8.01. The molecule has 2 aromatic carbocycles. The molecule has 0 aliphatic carbocycles. The fourth-order valence-corrected chi connectivity index (χ4v) is 6.03. The molecule has 0 saturated carbocycles. The lowest BCUT2D eigenvalue weighted by atomic mass is 10.2. The number of amides is 1. The zero-order chi connectivity index (χ0) is 22.4. The fourth-order valence-electron chi connectivity index (χ4n) is 2.67. The maximum atomic E-state index is 13.4. The molecule has 0 saturated heterocycles. The summed E-state index contributed by atoms with van der Waals surface area (Å²) in [6, 6.07) is 12.9. The van der Waals surface area contributed by atoms with Crippen LogP contribution in [0.5, 0.6) is 0 Å². The molecular weight excluding hydrogens is 476 g/mol. The molecule has 0 radical (unpaired) electrons. The quantitative estimate of drug-likeness (QED) is 0.336. The van der Waals surface area contributed by atoms with Gasteiger partial charge in [-0.1, -0.05) is 65.9 Å². The summed E-state index contributed by atoms with van der Waals surface area (Å²) in [5, 5.41) is 11.3. The topological polar surface area (TPSA) is 92.3 Å². The van der Waals surface area contributed by atoms with Crippen molar-refractivity contribution in [3.63, 3.8) is 0 Å². The van der Waals surface area contributed by atoms with Gasteiger partial charge in [-0.3, -0.25) is 14.4 Å². The lowest BCUT2D eigenvalue weighted by Crippen LogP contribution is -2.38. The second-order valence-corrected chi connectivity index (χ2v) is 11.1. The van der Waals surface area contributed by atoms with Gasteiger partial charge in [0.05, 0.1) is 10.6 Å². The van der Waals surface area contributed by atoms with E-state index in [-0.39, 0.29) is 4.90 Å². The van der Waals surface area contributed by atoms with Crippen molar-refractivity contribution in [3.05, 3.63) is 59.1 Å². The van der Waals surface area contributed by atoms with Gasteiger partial charge in [-0.05, 0) is 43.2 Å². The van der Waals surface area contributed by atoms with Gasteiger partial charge in [0, 0.05) is 10.8 Å². The number of hydrogen-bond donors (Lipinski definition) is 1. The first-order chi connectivity index (χ1) is 14.8. The van der Waals surface area contributed by atoms with Crippen molar-refractivity contribution in [1.29, 1.82) is 0 Å². The number of sulfonamides is 1. The van der Waals surface area contributed by atoms with Gasteiger partial charge in [-0.2, -0.15) is 0 Å².